The van der Waals surface area contributed by atoms with E-state index in [1.165, 1.54) is 0 Å². The minimum atomic E-state index is -0.457. The highest BCUT2D eigenvalue weighted by Gasteiger charge is 2.12. The van der Waals surface area contributed by atoms with Crippen LogP contribution in [0.5, 0.6) is 0 Å². The first-order chi connectivity index (χ1) is 9.58. The number of hydrogen-bond donors (Lipinski definition) is 2. The lowest BCUT2D eigenvalue weighted by Crippen LogP contribution is -2.46. The van der Waals surface area contributed by atoms with Gasteiger partial charge in [-0.05, 0) is 18.2 Å². The molecule has 1 saturated heterocycles. The van der Waals surface area contributed by atoms with Crippen LogP contribution in [0.3, 0.4) is 0 Å². The Balaban J connectivity index is 1.94. The summed E-state index contributed by atoms with van der Waals surface area (Å²) < 4.78 is 0. The Morgan fingerprint density at radius 1 is 1.45 bits per heavy atom. The van der Waals surface area contributed by atoms with Crippen molar-refractivity contribution < 1.29 is 4.79 Å². The van der Waals surface area contributed by atoms with Crippen LogP contribution in [0.15, 0.2) is 18.2 Å². The second kappa shape index (κ2) is 6.92. The smallest absolute Gasteiger partial charge is 0.248 e. The highest BCUT2D eigenvalue weighted by atomic mass is 35.5. The third-order valence-corrected chi connectivity index (χ3v) is 3.91. The molecule has 20 heavy (non-hydrogen) atoms. The van der Waals surface area contributed by atoms with Crippen molar-refractivity contribution in [3.05, 3.63) is 28.8 Å². The molecule has 3 N–H and O–H groups in total. The number of halogens is 1. The molecule has 0 atom stereocenters. The number of primary amides is 1. The topological polar surface area (TPSA) is 61.6 Å². The number of likely N-dealkylation sites (N-methyl/N-ethyl adjacent to an activating group) is 1. The van der Waals surface area contributed by atoms with E-state index in [0.29, 0.717) is 10.6 Å². The van der Waals surface area contributed by atoms with E-state index < -0.39 is 5.91 Å². The number of amides is 1. The summed E-state index contributed by atoms with van der Waals surface area (Å²) >= 11 is 6.22. The summed E-state index contributed by atoms with van der Waals surface area (Å²) in [4.78, 5) is 15.6. The summed E-state index contributed by atoms with van der Waals surface area (Å²) in [6.07, 6.45) is 0. The molecular weight excluding hydrogens is 276 g/mol. The molecule has 0 unspecified atom stereocenters. The highest BCUT2D eigenvalue weighted by Crippen LogP contribution is 2.25. The van der Waals surface area contributed by atoms with Crippen LogP contribution < -0.4 is 16.0 Å². The zero-order valence-corrected chi connectivity index (χ0v) is 12.5. The maximum atomic E-state index is 11.1. The summed E-state index contributed by atoms with van der Waals surface area (Å²) in [6, 6.07) is 5.19. The number of nitrogens with one attached hydrogen (secondary N) is 1. The number of piperazine rings is 1. The Labute approximate surface area is 124 Å². The lowest BCUT2D eigenvalue weighted by atomic mass is 10.2. The Kier molecular flexibility index (Phi) is 5.23. The predicted octanol–water partition coefficient (Wildman–Crippen LogP) is 0.780. The van der Waals surface area contributed by atoms with E-state index >= 15 is 0 Å². The summed E-state index contributed by atoms with van der Waals surface area (Å²) in [7, 11) is 2.01. The van der Waals surface area contributed by atoms with Gasteiger partial charge < -0.3 is 16.0 Å². The van der Waals surface area contributed by atoms with Crippen molar-refractivity contribution in [3.8, 4) is 0 Å². The number of benzene rings is 1. The van der Waals surface area contributed by atoms with Crippen molar-refractivity contribution in [1.82, 2.24) is 10.2 Å². The Morgan fingerprint density at radius 2 is 2.15 bits per heavy atom. The van der Waals surface area contributed by atoms with Crippen molar-refractivity contribution in [2.24, 2.45) is 5.73 Å². The van der Waals surface area contributed by atoms with Gasteiger partial charge in [0.2, 0.25) is 5.91 Å². The molecule has 1 amide bonds. The molecule has 2 rings (SSSR count). The standard InChI is InChI=1S/C14H21ClN4O/c1-18(8-9-19-6-4-17-5-7-19)13-3-2-11(14(16)20)10-12(13)15/h2-3,10,17H,4-9H2,1H3,(H2,16,20). The third-order valence-electron chi connectivity index (χ3n) is 3.60. The molecule has 6 heteroatoms. The fourth-order valence-corrected chi connectivity index (χ4v) is 2.64. The molecule has 1 aromatic carbocycles. The molecular formula is C14H21ClN4O. The first-order valence-corrected chi connectivity index (χ1v) is 7.19. The molecule has 0 aliphatic carbocycles. The lowest BCUT2D eigenvalue weighted by Gasteiger charge is -2.30. The Bertz CT molecular complexity index is 474. The number of anilines is 1. The fraction of sp³-hybridized carbons (Fsp3) is 0.500. The maximum absolute atomic E-state index is 11.1. The molecule has 1 fully saturated rings. The predicted molar refractivity (Wildman–Crippen MR) is 82.5 cm³/mol. The molecule has 110 valence electrons. The monoisotopic (exact) mass is 296 g/mol. The minimum Gasteiger partial charge on any atom is -0.372 e. The molecule has 0 aromatic heterocycles. The van der Waals surface area contributed by atoms with Crippen molar-refractivity contribution in [2.75, 3.05) is 51.2 Å². The van der Waals surface area contributed by atoms with Crippen LogP contribution in [0.4, 0.5) is 5.69 Å². The van der Waals surface area contributed by atoms with Crippen molar-refractivity contribution in [1.29, 1.82) is 0 Å². The third kappa shape index (κ3) is 3.85. The van der Waals surface area contributed by atoms with Gasteiger partial charge in [0.1, 0.15) is 0 Å². The van der Waals surface area contributed by atoms with E-state index in [9.17, 15) is 4.79 Å². The molecule has 1 heterocycles. The SMILES string of the molecule is CN(CCN1CCNCC1)c1ccc(C(N)=O)cc1Cl. The van der Waals surface area contributed by atoms with Crippen LogP contribution in [0.2, 0.25) is 5.02 Å². The lowest BCUT2D eigenvalue weighted by molar-refractivity contribution is 0.100. The van der Waals surface area contributed by atoms with Crippen molar-refractivity contribution in [2.45, 2.75) is 0 Å². The van der Waals surface area contributed by atoms with Crippen molar-refractivity contribution >= 4 is 23.2 Å². The summed E-state index contributed by atoms with van der Waals surface area (Å²) in [6.45, 7) is 6.18. The minimum absolute atomic E-state index is 0.439. The van der Waals surface area contributed by atoms with Gasteiger partial charge in [0.25, 0.3) is 0 Å². The van der Waals surface area contributed by atoms with Gasteiger partial charge in [0, 0.05) is 51.9 Å². The van der Waals surface area contributed by atoms with E-state index in [0.717, 1.165) is 45.0 Å². The van der Waals surface area contributed by atoms with Gasteiger partial charge in [-0.25, -0.2) is 0 Å². The van der Waals surface area contributed by atoms with Crippen LogP contribution in [-0.4, -0.2) is 57.1 Å². The molecule has 0 radical (unpaired) electrons. The first kappa shape index (κ1) is 15.1. The average molecular weight is 297 g/mol. The number of nitrogens with zero attached hydrogens (tertiary/aromatic N) is 2. The zero-order chi connectivity index (χ0) is 14.5. The van der Waals surface area contributed by atoms with E-state index in [2.05, 4.69) is 15.1 Å². The molecule has 0 saturated carbocycles. The number of hydrogen-bond acceptors (Lipinski definition) is 4. The number of nitrogens with two attached hydrogens (primary N) is 1. The van der Waals surface area contributed by atoms with Gasteiger partial charge >= 0.3 is 0 Å². The Morgan fingerprint density at radius 3 is 2.75 bits per heavy atom. The molecule has 1 aliphatic rings. The number of rotatable bonds is 5. The quantitative estimate of drug-likeness (QED) is 0.843. The molecule has 1 aromatic rings. The number of carbonyl (C=O) groups is 1. The second-order valence-electron chi connectivity index (χ2n) is 5.04. The average Bonchev–Trinajstić information content (AvgIpc) is 2.45. The zero-order valence-electron chi connectivity index (χ0n) is 11.7. The summed E-state index contributed by atoms with van der Waals surface area (Å²) in [5.41, 5.74) is 6.60. The first-order valence-electron chi connectivity index (χ1n) is 6.81. The van der Waals surface area contributed by atoms with Crippen LogP contribution in [0, 0.1) is 0 Å². The van der Waals surface area contributed by atoms with Gasteiger partial charge in [-0.2, -0.15) is 0 Å². The van der Waals surface area contributed by atoms with Crippen LogP contribution in [0.25, 0.3) is 0 Å². The Hall–Kier alpha value is -1.30. The van der Waals surface area contributed by atoms with Gasteiger partial charge in [-0.15, -0.1) is 0 Å². The molecule has 5 nitrogen and oxygen atoms in total. The van der Waals surface area contributed by atoms with E-state index in [1.807, 2.05) is 13.1 Å². The van der Waals surface area contributed by atoms with Gasteiger partial charge in [0.05, 0.1) is 10.7 Å². The molecule has 0 spiro atoms. The van der Waals surface area contributed by atoms with Gasteiger partial charge in [-0.3, -0.25) is 9.69 Å². The summed E-state index contributed by atoms with van der Waals surface area (Å²) in [5, 5.41) is 3.90. The normalized spacial score (nSPS) is 16.1. The molecule has 0 bridgehead atoms. The van der Waals surface area contributed by atoms with Crippen LogP contribution in [-0.2, 0) is 0 Å². The second-order valence-corrected chi connectivity index (χ2v) is 5.45. The largest absolute Gasteiger partial charge is 0.372 e. The van der Waals surface area contributed by atoms with Gasteiger partial charge in [-0.1, -0.05) is 11.6 Å². The number of carbonyl (C=O) groups excluding carboxylic acids is 1. The van der Waals surface area contributed by atoms with Crippen LogP contribution in [0.1, 0.15) is 10.4 Å². The van der Waals surface area contributed by atoms with Gasteiger partial charge in [0.15, 0.2) is 0 Å². The summed E-state index contributed by atoms with van der Waals surface area (Å²) in [5.74, 6) is -0.457. The molecule has 1 aliphatic heterocycles. The van der Waals surface area contributed by atoms with E-state index in [4.69, 9.17) is 17.3 Å². The van der Waals surface area contributed by atoms with E-state index in [1.54, 1.807) is 12.1 Å². The maximum Gasteiger partial charge on any atom is 0.248 e. The van der Waals surface area contributed by atoms with E-state index in [-0.39, 0.29) is 0 Å². The van der Waals surface area contributed by atoms with Crippen LogP contribution >= 0.6 is 11.6 Å². The highest BCUT2D eigenvalue weighted by molar-refractivity contribution is 6.33. The fourth-order valence-electron chi connectivity index (χ4n) is 2.32. The van der Waals surface area contributed by atoms with Crippen molar-refractivity contribution in [3.63, 3.8) is 0 Å².